The lowest BCUT2D eigenvalue weighted by molar-refractivity contribution is 0.0943. The molecule has 0 unspecified atom stereocenters. The van der Waals surface area contributed by atoms with Crippen molar-refractivity contribution in [2.24, 2.45) is 0 Å². The van der Waals surface area contributed by atoms with Crippen molar-refractivity contribution >= 4 is 17.5 Å². The number of nitrogens with one attached hydrogen (secondary N) is 2. The third-order valence-corrected chi connectivity index (χ3v) is 4.97. The van der Waals surface area contributed by atoms with Crippen LogP contribution in [0.5, 0.6) is 5.75 Å². The molecule has 3 aromatic heterocycles. The minimum atomic E-state index is -2.32. The fourth-order valence-electron chi connectivity index (χ4n) is 3.12. The zero-order valence-corrected chi connectivity index (χ0v) is 18.9. The Morgan fingerprint density at radius 3 is 2.32 bits per heavy atom. The number of hydrogen-bond acceptors (Lipinski definition) is 6. The Bertz CT molecular complexity index is 1420. The van der Waals surface area contributed by atoms with Gasteiger partial charge in [0.1, 0.15) is 18.1 Å². The molecule has 2 amide bonds. The van der Waals surface area contributed by atoms with Gasteiger partial charge in [0.15, 0.2) is 17.2 Å². The lowest BCUT2D eigenvalue weighted by Gasteiger charge is -2.09. The molecule has 3 heterocycles. The van der Waals surface area contributed by atoms with Crippen LogP contribution in [0, 0.1) is 29.1 Å². The smallest absolute Gasteiger partial charge is 0.291 e. The Morgan fingerprint density at radius 2 is 1.68 bits per heavy atom. The summed E-state index contributed by atoms with van der Waals surface area (Å²) in [6.07, 6.45) is 2.88. The van der Waals surface area contributed by atoms with Gasteiger partial charge in [-0.05, 0) is 31.2 Å². The van der Waals surface area contributed by atoms with Gasteiger partial charge in [0, 0.05) is 12.7 Å². The minimum absolute atomic E-state index is 0.0689. The summed E-state index contributed by atoms with van der Waals surface area (Å²) in [7, 11) is 0. The fourth-order valence-corrected chi connectivity index (χ4v) is 3.12. The van der Waals surface area contributed by atoms with Crippen LogP contribution in [-0.2, 0) is 19.7 Å². The summed E-state index contributed by atoms with van der Waals surface area (Å²) in [5.74, 6) is -13.8. The summed E-state index contributed by atoms with van der Waals surface area (Å²) in [4.78, 5) is 25.3. The predicted molar refractivity (Wildman–Crippen MR) is 115 cm³/mol. The molecule has 0 fully saturated rings. The summed E-state index contributed by atoms with van der Waals surface area (Å²) in [6, 6.07) is 5.71. The van der Waals surface area contributed by atoms with E-state index in [0.717, 1.165) is 0 Å². The molecule has 9 nitrogen and oxygen atoms in total. The van der Waals surface area contributed by atoms with Gasteiger partial charge >= 0.3 is 0 Å². The molecule has 0 bridgehead atoms. The van der Waals surface area contributed by atoms with Gasteiger partial charge in [-0.3, -0.25) is 14.3 Å². The monoisotopic (exact) mass is 524 g/mol. The lowest BCUT2D eigenvalue weighted by atomic mass is 10.2. The number of furan rings is 2. The Balaban J connectivity index is 1.44. The van der Waals surface area contributed by atoms with Crippen LogP contribution in [0.4, 0.5) is 27.6 Å². The zero-order chi connectivity index (χ0) is 26.7. The van der Waals surface area contributed by atoms with Crippen LogP contribution in [0.1, 0.15) is 39.5 Å². The van der Waals surface area contributed by atoms with Crippen molar-refractivity contribution in [2.75, 3.05) is 5.32 Å². The van der Waals surface area contributed by atoms with Crippen molar-refractivity contribution in [1.82, 2.24) is 15.1 Å². The second kappa shape index (κ2) is 10.6. The van der Waals surface area contributed by atoms with Crippen molar-refractivity contribution in [1.29, 1.82) is 0 Å². The van der Waals surface area contributed by atoms with E-state index in [1.807, 2.05) is 0 Å². The Labute approximate surface area is 204 Å². The number of halogens is 5. The van der Waals surface area contributed by atoms with Crippen molar-refractivity contribution < 1.29 is 45.1 Å². The first-order valence-corrected chi connectivity index (χ1v) is 10.6. The molecule has 0 saturated heterocycles. The summed E-state index contributed by atoms with van der Waals surface area (Å²) in [6.45, 7) is 1.50. The highest BCUT2D eigenvalue weighted by Gasteiger charge is 2.27. The number of aryl methyl sites for hydroxylation is 1. The number of rotatable bonds is 9. The van der Waals surface area contributed by atoms with Crippen molar-refractivity contribution in [2.45, 2.75) is 26.6 Å². The van der Waals surface area contributed by atoms with E-state index in [2.05, 4.69) is 15.7 Å². The van der Waals surface area contributed by atoms with Crippen LogP contribution in [0.25, 0.3) is 0 Å². The molecule has 0 atom stereocenters. The maximum Gasteiger partial charge on any atom is 0.291 e. The molecule has 0 spiro atoms. The van der Waals surface area contributed by atoms with Gasteiger partial charge in [0.2, 0.25) is 29.1 Å². The molecule has 0 aliphatic heterocycles. The van der Waals surface area contributed by atoms with Crippen LogP contribution >= 0.6 is 0 Å². The minimum Gasteiger partial charge on any atom is -0.479 e. The average Bonchev–Trinajstić information content (AvgIpc) is 3.66. The number of hydrogen-bond donors (Lipinski definition) is 2. The standard InChI is InChI=1S/C23H17F5N4O5/c1-2-32-9-13(20(31-32)23(34)29-8-11-4-3-7-35-11)30-22(33)14-6-5-12(37-14)10-36-21-18(27)16(25)15(24)17(26)19(21)28/h3-7,9H,2,8,10H2,1H3,(H,29,34)(H,30,33). The van der Waals surface area contributed by atoms with Gasteiger partial charge in [-0.1, -0.05) is 0 Å². The largest absolute Gasteiger partial charge is 0.479 e. The first-order valence-electron chi connectivity index (χ1n) is 10.6. The maximum atomic E-state index is 13.8. The molecular weight excluding hydrogens is 507 g/mol. The van der Waals surface area contributed by atoms with E-state index in [-0.39, 0.29) is 29.4 Å². The summed E-state index contributed by atoms with van der Waals surface area (Å²) >= 11 is 0. The molecule has 4 aromatic rings. The van der Waals surface area contributed by atoms with E-state index in [9.17, 15) is 31.5 Å². The maximum absolute atomic E-state index is 13.8. The van der Waals surface area contributed by atoms with Gasteiger partial charge in [0.05, 0.1) is 18.5 Å². The van der Waals surface area contributed by atoms with E-state index < -0.39 is 53.3 Å². The van der Waals surface area contributed by atoms with Crippen LogP contribution in [0.15, 0.2) is 45.6 Å². The average molecular weight is 524 g/mol. The number of benzene rings is 1. The lowest BCUT2D eigenvalue weighted by Crippen LogP contribution is -2.25. The molecule has 0 saturated carbocycles. The van der Waals surface area contributed by atoms with Crippen LogP contribution in [-0.4, -0.2) is 21.6 Å². The molecular formula is C23H17F5N4O5. The third kappa shape index (κ3) is 5.32. The van der Waals surface area contributed by atoms with E-state index in [4.69, 9.17) is 13.6 Å². The number of carbonyl (C=O) groups is 2. The van der Waals surface area contributed by atoms with Crippen molar-refractivity contribution in [3.63, 3.8) is 0 Å². The number of nitrogens with zero attached hydrogens (tertiary/aromatic N) is 2. The van der Waals surface area contributed by atoms with Crippen LogP contribution in [0.2, 0.25) is 0 Å². The fraction of sp³-hybridized carbons (Fsp3) is 0.174. The first kappa shape index (κ1) is 25.5. The summed E-state index contributed by atoms with van der Waals surface area (Å²) in [5, 5.41) is 9.22. The van der Waals surface area contributed by atoms with Gasteiger partial charge in [-0.25, -0.2) is 13.2 Å². The van der Waals surface area contributed by atoms with E-state index in [1.54, 1.807) is 19.1 Å². The van der Waals surface area contributed by atoms with Gasteiger partial charge < -0.3 is 24.2 Å². The Morgan fingerprint density at radius 1 is 0.973 bits per heavy atom. The van der Waals surface area contributed by atoms with E-state index in [1.165, 1.54) is 29.3 Å². The molecule has 4 rings (SSSR count). The normalized spacial score (nSPS) is 11.0. The molecule has 2 N–H and O–H groups in total. The Hall–Kier alpha value is -4.62. The molecule has 37 heavy (non-hydrogen) atoms. The highest BCUT2D eigenvalue weighted by Crippen LogP contribution is 2.30. The third-order valence-electron chi connectivity index (χ3n) is 4.97. The SMILES string of the molecule is CCn1cc(NC(=O)c2ccc(COc3c(F)c(F)c(F)c(F)c3F)o2)c(C(=O)NCc2ccco2)n1. The predicted octanol–water partition coefficient (Wildman–Crippen LogP) is 4.55. The molecule has 1 aromatic carbocycles. The summed E-state index contributed by atoms with van der Waals surface area (Å²) in [5.41, 5.74) is -0.0115. The quantitative estimate of drug-likeness (QED) is 0.189. The Kier molecular flexibility index (Phi) is 7.27. The van der Waals surface area contributed by atoms with Crippen LogP contribution in [0.3, 0.4) is 0 Å². The number of aromatic nitrogens is 2. The number of ether oxygens (including phenoxy) is 1. The van der Waals surface area contributed by atoms with Gasteiger partial charge in [-0.2, -0.15) is 13.9 Å². The summed E-state index contributed by atoms with van der Waals surface area (Å²) < 4.78 is 83.9. The second-order valence-electron chi connectivity index (χ2n) is 7.42. The first-order chi connectivity index (χ1) is 17.7. The number of anilines is 1. The highest BCUT2D eigenvalue weighted by atomic mass is 19.2. The molecule has 0 aliphatic rings. The zero-order valence-electron chi connectivity index (χ0n) is 18.9. The highest BCUT2D eigenvalue weighted by molar-refractivity contribution is 6.07. The van der Waals surface area contributed by atoms with E-state index >= 15 is 0 Å². The van der Waals surface area contributed by atoms with Gasteiger partial charge in [0.25, 0.3) is 11.8 Å². The van der Waals surface area contributed by atoms with Gasteiger partial charge in [-0.15, -0.1) is 0 Å². The number of amides is 2. The van der Waals surface area contributed by atoms with E-state index in [0.29, 0.717) is 12.3 Å². The van der Waals surface area contributed by atoms with Crippen LogP contribution < -0.4 is 15.4 Å². The van der Waals surface area contributed by atoms with Crippen molar-refractivity contribution in [3.8, 4) is 5.75 Å². The molecule has 0 aliphatic carbocycles. The second-order valence-corrected chi connectivity index (χ2v) is 7.42. The molecule has 194 valence electrons. The molecule has 0 radical (unpaired) electrons. The number of carbonyl (C=O) groups excluding carboxylic acids is 2. The van der Waals surface area contributed by atoms with Crippen molar-refractivity contribution in [3.05, 3.63) is 88.8 Å². The molecule has 14 heteroatoms. The topological polar surface area (TPSA) is 112 Å².